The molecule has 76 valence electrons. The van der Waals surface area contributed by atoms with Gasteiger partial charge >= 0.3 is 0 Å². The van der Waals surface area contributed by atoms with E-state index >= 15 is 0 Å². The Morgan fingerprint density at radius 1 is 1.64 bits per heavy atom. The highest BCUT2D eigenvalue weighted by Gasteiger charge is 2.22. The second kappa shape index (κ2) is 3.15. The quantitative estimate of drug-likeness (QED) is 0.691. The standard InChI is InChI=1S/C9H10F2N2O/c1-5-2-3-7-12-6(9(10)11)4-8(14)13(5)7/h4-5,9H,2-3H2,1H3/t5-/m0/s1. The number of hydrogen-bond acceptors (Lipinski definition) is 2. The fraction of sp³-hybridized carbons (Fsp3) is 0.556. The minimum Gasteiger partial charge on any atom is -0.294 e. The highest BCUT2D eigenvalue weighted by atomic mass is 19.3. The molecule has 1 aliphatic heterocycles. The Bertz CT molecular complexity index is 414. The molecule has 3 nitrogen and oxygen atoms in total. The van der Waals surface area contributed by atoms with Crippen molar-refractivity contribution in [1.82, 2.24) is 9.55 Å². The fourth-order valence-electron chi connectivity index (χ4n) is 1.79. The average molecular weight is 200 g/mol. The normalized spacial score (nSPS) is 20.1. The highest BCUT2D eigenvalue weighted by molar-refractivity contribution is 5.09. The summed E-state index contributed by atoms with van der Waals surface area (Å²) in [5.74, 6) is 0.486. The largest absolute Gasteiger partial charge is 0.294 e. The van der Waals surface area contributed by atoms with Gasteiger partial charge in [0.15, 0.2) is 0 Å². The molecule has 1 atom stereocenters. The van der Waals surface area contributed by atoms with Crippen molar-refractivity contribution in [2.24, 2.45) is 0 Å². The summed E-state index contributed by atoms with van der Waals surface area (Å²) in [5, 5.41) is 0. The Hall–Kier alpha value is -1.26. The molecule has 0 radical (unpaired) electrons. The van der Waals surface area contributed by atoms with Crippen LogP contribution in [0.1, 0.15) is 37.3 Å². The number of halogens is 2. The summed E-state index contributed by atoms with van der Waals surface area (Å²) in [7, 11) is 0. The van der Waals surface area contributed by atoms with E-state index < -0.39 is 12.1 Å². The monoisotopic (exact) mass is 200 g/mol. The van der Waals surface area contributed by atoms with Gasteiger partial charge in [-0.1, -0.05) is 0 Å². The molecule has 5 heteroatoms. The lowest BCUT2D eigenvalue weighted by molar-refractivity contribution is 0.145. The first-order valence-corrected chi connectivity index (χ1v) is 4.50. The molecule has 0 bridgehead atoms. The predicted molar refractivity (Wildman–Crippen MR) is 46.5 cm³/mol. The molecule has 0 fully saturated rings. The second-order valence-corrected chi connectivity index (χ2v) is 3.49. The molecule has 2 rings (SSSR count). The summed E-state index contributed by atoms with van der Waals surface area (Å²) >= 11 is 0. The van der Waals surface area contributed by atoms with Gasteiger partial charge < -0.3 is 0 Å². The zero-order valence-electron chi connectivity index (χ0n) is 7.70. The topological polar surface area (TPSA) is 34.9 Å². The summed E-state index contributed by atoms with van der Waals surface area (Å²) in [6.45, 7) is 1.89. The lowest BCUT2D eigenvalue weighted by Crippen LogP contribution is -2.23. The molecule has 0 spiro atoms. The molecule has 1 aromatic rings. The number of aromatic nitrogens is 2. The van der Waals surface area contributed by atoms with Crippen LogP contribution in [0, 0.1) is 0 Å². The molecular formula is C9H10F2N2O. The van der Waals surface area contributed by atoms with E-state index in [1.807, 2.05) is 6.92 Å². The number of alkyl halides is 2. The third-order valence-corrected chi connectivity index (χ3v) is 2.50. The highest BCUT2D eigenvalue weighted by Crippen LogP contribution is 2.23. The third-order valence-electron chi connectivity index (χ3n) is 2.50. The van der Waals surface area contributed by atoms with Gasteiger partial charge in [-0.05, 0) is 13.3 Å². The van der Waals surface area contributed by atoms with Gasteiger partial charge in [-0.25, -0.2) is 13.8 Å². The summed E-state index contributed by atoms with van der Waals surface area (Å²) in [6.07, 6.45) is -1.25. The van der Waals surface area contributed by atoms with Crippen molar-refractivity contribution in [3.8, 4) is 0 Å². The van der Waals surface area contributed by atoms with Gasteiger partial charge in [0.25, 0.3) is 12.0 Å². The fourth-order valence-corrected chi connectivity index (χ4v) is 1.79. The van der Waals surface area contributed by atoms with Crippen LogP contribution in [0.15, 0.2) is 10.9 Å². The van der Waals surface area contributed by atoms with Crippen LogP contribution >= 0.6 is 0 Å². The van der Waals surface area contributed by atoms with E-state index in [1.165, 1.54) is 4.57 Å². The Kier molecular flexibility index (Phi) is 2.09. The molecule has 0 aliphatic carbocycles. The summed E-state index contributed by atoms with van der Waals surface area (Å²) in [4.78, 5) is 15.2. The van der Waals surface area contributed by atoms with Crippen LogP contribution in [-0.2, 0) is 6.42 Å². The molecule has 1 aromatic heterocycles. The zero-order chi connectivity index (χ0) is 10.3. The summed E-state index contributed by atoms with van der Waals surface area (Å²) < 4.78 is 26.1. The molecule has 0 unspecified atom stereocenters. The van der Waals surface area contributed by atoms with Crippen LogP contribution in [0.3, 0.4) is 0 Å². The zero-order valence-corrected chi connectivity index (χ0v) is 7.70. The van der Waals surface area contributed by atoms with Gasteiger partial charge in [-0.15, -0.1) is 0 Å². The van der Waals surface area contributed by atoms with Crippen molar-refractivity contribution in [2.75, 3.05) is 0 Å². The number of aryl methyl sites for hydroxylation is 1. The summed E-state index contributed by atoms with van der Waals surface area (Å²) in [5.41, 5.74) is -0.773. The first kappa shape index (κ1) is 9.30. The predicted octanol–water partition coefficient (Wildman–Crippen LogP) is 1.69. The average Bonchev–Trinajstić information content (AvgIpc) is 2.48. The van der Waals surface area contributed by atoms with Crippen molar-refractivity contribution in [3.63, 3.8) is 0 Å². The van der Waals surface area contributed by atoms with E-state index in [2.05, 4.69) is 4.98 Å². The maximum atomic E-state index is 12.3. The number of fused-ring (bicyclic) bond motifs is 1. The molecule has 0 saturated heterocycles. The minimum absolute atomic E-state index is 0.0803. The lowest BCUT2D eigenvalue weighted by Gasteiger charge is -2.08. The lowest BCUT2D eigenvalue weighted by atomic mass is 10.2. The van der Waals surface area contributed by atoms with Gasteiger partial charge in [0.1, 0.15) is 11.5 Å². The Morgan fingerprint density at radius 2 is 2.36 bits per heavy atom. The van der Waals surface area contributed by atoms with Gasteiger partial charge in [0.05, 0.1) is 0 Å². The van der Waals surface area contributed by atoms with Crippen molar-refractivity contribution in [2.45, 2.75) is 32.2 Å². The maximum Gasteiger partial charge on any atom is 0.280 e. The number of hydrogen-bond donors (Lipinski definition) is 0. The Labute approximate surface area is 79.4 Å². The van der Waals surface area contributed by atoms with Crippen molar-refractivity contribution in [1.29, 1.82) is 0 Å². The molecule has 0 saturated carbocycles. The van der Waals surface area contributed by atoms with Crippen LogP contribution in [-0.4, -0.2) is 9.55 Å². The van der Waals surface area contributed by atoms with Crippen molar-refractivity contribution in [3.05, 3.63) is 27.9 Å². The molecule has 2 heterocycles. The maximum absolute atomic E-state index is 12.3. The first-order valence-electron chi connectivity index (χ1n) is 4.50. The number of nitrogens with zero attached hydrogens (tertiary/aromatic N) is 2. The molecule has 0 N–H and O–H groups in total. The molecule has 14 heavy (non-hydrogen) atoms. The van der Waals surface area contributed by atoms with Crippen LogP contribution in [0.25, 0.3) is 0 Å². The van der Waals surface area contributed by atoms with Crippen LogP contribution in [0.5, 0.6) is 0 Å². The van der Waals surface area contributed by atoms with Crippen molar-refractivity contribution < 1.29 is 8.78 Å². The summed E-state index contributed by atoms with van der Waals surface area (Å²) in [6, 6.07) is 1.01. The van der Waals surface area contributed by atoms with Gasteiger partial charge in [0, 0.05) is 18.5 Å². The molecule has 0 amide bonds. The van der Waals surface area contributed by atoms with Gasteiger partial charge in [-0.2, -0.15) is 0 Å². The van der Waals surface area contributed by atoms with E-state index in [-0.39, 0.29) is 11.6 Å². The third kappa shape index (κ3) is 1.32. The first-order chi connectivity index (χ1) is 6.59. The van der Waals surface area contributed by atoms with E-state index in [0.717, 1.165) is 12.5 Å². The van der Waals surface area contributed by atoms with Crippen LogP contribution < -0.4 is 5.56 Å². The SMILES string of the molecule is C[C@H]1CCc2nc(C(F)F)cc(=O)n21. The van der Waals surface area contributed by atoms with E-state index in [0.29, 0.717) is 12.2 Å². The smallest absolute Gasteiger partial charge is 0.280 e. The minimum atomic E-state index is -2.66. The van der Waals surface area contributed by atoms with Crippen molar-refractivity contribution >= 4 is 0 Å². The Balaban J connectivity index is 2.57. The van der Waals surface area contributed by atoms with E-state index in [9.17, 15) is 13.6 Å². The van der Waals surface area contributed by atoms with Crippen LogP contribution in [0.4, 0.5) is 8.78 Å². The Morgan fingerprint density at radius 3 is 3.00 bits per heavy atom. The van der Waals surface area contributed by atoms with E-state index in [1.54, 1.807) is 0 Å². The molecule has 0 aromatic carbocycles. The molecule has 1 aliphatic rings. The molecular weight excluding hydrogens is 190 g/mol. The second-order valence-electron chi connectivity index (χ2n) is 3.49. The number of rotatable bonds is 1. The van der Waals surface area contributed by atoms with E-state index in [4.69, 9.17) is 0 Å². The van der Waals surface area contributed by atoms with Crippen LogP contribution in [0.2, 0.25) is 0 Å². The van der Waals surface area contributed by atoms with Gasteiger partial charge in [-0.3, -0.25) is 9.36 Å². The van der Waals surface area contributed by atoms with Gasteiger partial charge in [0.2, 0.25) is 0 Å².